The van der Waals surface area contributed by atoms with Crippen LogP contribution in [0.25, 0.3) is 33.5 Å². The number of aryl methyl sites for hydroxylation is 1. The number of ether oxygens (including phenoxy) is 1. The first-order valence-corrected chi connectivity index (χ1v) is 10.4. The van der Waals surface area contributed by atoms with Crippen molar-refractivity contribution in [1.29, 1.82) is 0 Å². The Kier molecular flexibility index (Phi) is 5.32. The van der Waals surface area contributed by atoms with Gasteiger partial charge in [-0.2, -0.15) is 5.10 Å². The highest BCUT2D eigenvalue weighted by atomic mass is 16.5. The number of rotatable bonds is 6. The van der Waals surface area contributed by atoms with Gasteiger partial charge >= 0.3 is 0 Å². The van der Waals surface area contributed by atoms with Crippen molar-refractivity contribution in [3.8, 4) is 34.0 Å². The molecule has 0 unspecified atom stereocenters. The van der Waals surface area contributed by atoms with Crippen LogP contribution in [0.15, 0.2) is 73.2 Å². The van der Waals surface area contributed by atoms with E-state index < -0.39 is 0 Å². The number of anilines is 1. The standard InChI is InChI=1S/C25H22N6O2/c1-31-14-19(22(30-31)17-6-4-3-5-7-17)23-24-20(27-15-28-23)12-21(32)25(29-24)26-13-16-8-10-18(33-2)11-9-16/h3-12,14-15,32H,13H2,1-2H3,(H,26,29). The van der Waals surface area contributed by atoms with Crippen molar-refractivity contribution < 1.29 is 9.84 Å². The maximum absolute atomic E-state index is 10.5. The molecule has 8 heteroatoms. The second-order valence-electron chi connectivity index (χ2n) is 7.58. The maximum atomic E-state index is 10.5. The minimum Gasteiger partial charge on any atom is -0.504 e. The van der Waals surface area contributed by atoms with E-state index in [4.69, 9.17) is 9.72 Å². The Labute approximate surface area is 190 Å². The molecule has 164 valence electrons. The average molecular weight is 438 g/mol. The van der Waals surface area contributed by atoms with Gasteiger partial charge in [0.25, 0.3) is 0 Å². The van der Waals surface area contributed by atoms with Crippen molar-refractivity contribution >= 4 is 16.9 Å². The fraction of sp³-hybridized carbons (Fsp3) is 0.120. The number of aromatic hydroxyl groups is 1. The Balaban J connectivity index is 1.55. The van der Waals surface area contributed by atoms with Crippen LogP contribution in [-0.2, 0) is 13.6 Å². The number of aromatic nitrogens is 5. The van der Waals surface area contributed by atoms with Crippen molar-refractivity contribution in [1.82, 2.24) is 24.7 Å². The summed E-state index contributed by atoms with van der Waals surface area (Å²) in [5.74, 6) is 1.17. The normalized spacial score (nSPS) is 11.0. The molecule has 0 amide bonds. The number of nitrogens with zero attached hydrogens (tertiary/aromatic N) is 5. The summed E-state index contributed by atoms with van der Waals surface area (Å²) >= 11 is 0. The topological polar surface area (TPSA) is 98.0 Å². The minimum atomic E-state index is 0.0233. The van der Waals surface area contributed by atoms with Gasteiger partial charge < -0.3 is 15.2 Å². The molecule has 8 nitrogen and oxygen atoms in total. The molecule has 5 aromatic rings. The van der Waals surface area contributed by atoms with E-state index in [2.05, 4.69) is 20.4 Å². The van der Waals surface area contributed by atoms with Crippen LogP contribution in [0.1, 0.15) is 5.56 Å². The van der Waals surface area contributed by atoms with Gasteiger partial charge in [-0.1, -0.05) is 42.5 Å². The van der Waals surface area contributed by atoms with Crippen LogP contribution in [0.2, 0.25) is 0 Å². The average Bonchev–Trinajstić information content (AvgIpc) is 3.24. The zero-order valence-electron chi connectivity index (χ0n) is 18.2. The third-order valence-corrected chi connectivity index (χ3v) is 5.34. The van der Waals surface area contributed by atoms with E-state index >= 15 is 0 Å². The van der Waals surface area contributed by atoms with Gasteiger partial charge in [0.2, 0.25) is 0 Å². The van der Waals surface area contributed by atoms with Crippen molar-refractivity contribution in [2.45, 2.75) is 6.54 Å². The summed E-state index contributed by atoms with van der Waals surface area (Å²) in [6, 6.07) is 19.2. The maximum Gasteiger partial charge on any atom is 0.169 e. The largest absolute Gasteiger partial charge is 0.504 e. The van der Waals surface area contributed by atoms with Crippen LogP contribution in [0.4, 0.5) is 5.82 Å². The minimum absolute atomic E-state index is 0.0233. The van der Waals surface area contributed by atoms with E-state index in [9.17, 15) is 5.11 Å². The highest BCUT2D eigenvalue weighted by Crippen LogP contribution is 2.35. The zero-order chi connectivity index (χ0) is 22.8. The van der Waals surface area contributed by atoms with E-state index in [1.54, 1.807) is 17.9 Å². The molecule has 0 saturated carbocycles. The zero-order valence-corrected chi connectivity index (χ0v) is 18.2. The second kappa shape index (κ2) is 8.58. The van der Waals surface area contributed by atoms with Gasteiger partial charge in [-0.05, 0) is 17.7 Å². The molecule has 0 spiro atoms. The van der Waals surface area contributed by atoms with Crippen molar-refractivity contribution in [2.24, 2.45) is 7.05 Å². The smallest absolute Gasteiger partial charge is 0.169 e. The number of benzene rings is 2. The van der Waals surface area contributed by atoms with E-state index in [0.717, 1.165) is 28.1 Å². The van der Waals surface area contributed by atoms with Crippen LogP contribution >= 0.6 is 0 Å². The molecule has 0 fully saturated rings. The predicted octanol–water partition coefficient (Wildman–Crippen LogP) is 4.42. The van der Waals surface area contributed by atoms with Crippen LogP contribution in [0.3, 0.4) is 0 Å². The number of nitrogens with one attached hydrogen (secondary N) is 1. The van der Waals surface area contributed by atoms with Gasteiger partial charge in [0, 0.05) is 37.0 Å². The quantitative estimate of drug-likeness (QED) is 0.405. The molecule has 0 atom stereocenters. The SMILES string of the molecule is COc1ccc(CNc2nc3c(-c4cn(C)nc4-c4ccccc4)ncnc3cc2O)cc1. The van der Waals surface area contributed by atoms with E-state index in [0.29, 0.717) is 29.1 Å². The first-order chi connectivity index (χ1) is 16.1. The predicted molar refractivity (Wildman–Crippen MR) is 127 cm³/mol. The molecule has 5 rings (SSSR count). The van der Waals surface area contributed by atoms with Gasteiger partial charge in [-0.15, -0.1) is 0 Å². The summed E-state index contributed by atoms with van der Waals surface area (Å²) in [6.07, 6.45) is 3.40. The lowest BCUT2D eigenvalue weighted by molar-refractivity contribution is 0.414. The molecule has 0 radical (unpaired) electrons. The van der Waals surface area contributed by atoms with Gasteiger partial charge in [0.15, 0.2) is 11.6 Å². The third kappa shape index (κ3) is 4.06. The Morgan fingerprint density at radius 1 is 1.00 bits per heavy atom. The first kappa shape index (κ1) is 20.4. The fourth-order valence-electron chi connectivity index (χ4n) is 3.70. The Morgan fingerprint density at radius 2 is 1.79 bits per heavy atom. The molecular weight excluding hydrogens is 416 g/mol. The lowest BCUT2D eigenvalue weighted by Gasteiger charge is -2.11. The lowest BCUT2D eigenvalue weighted by atomic mass is 10.0. The van der Waals surface area contributed by atoms with Gasteiger partial charge in [0.05, 0.1) is 12.6 Å². The van der Waals surface area contributed by atoms with Gasteiger partial charge in [-0.3, -0.25) is 4.68 Å². The molecule has 0 aliphatic rings. The van der Waals surface area contributed by atoms with E-state index in [1.165, 1.54) is 6.33 Å². The summed E-state index contributed by atoms with van der Waals surface area (Å²) in [5, 5.41) is 18.4. The van der Waals surface area contributed by atoms with E-state index in [1.807, 2.05) is 67.8 Å². The molecule has 3 aromatic heterocycles. The van der Waals surface area contributed by atoms with Crippen LogP contribution < -0.4 is 10.1 Å². The van der Waals surface area contributed by atoms with Crippen molar-refractivity contribution in [3.05, 3.63) is 78.8 Å². The second-order valence-corrected chi connectivity index (χ2v) is 7.58. The molecule has 0 aliphatic carbocycles. The number of hydrogen-bond acceptors (Lipinski definition) is 7. The molecule has 0 bridgehead atoms. The monoisotopic (exact) mass is 438 g/mol. The molecule has 0 aliphatic heterocycles. The number of fused-ring (bicyclic) bond motifs is 1. The number of methoxy groups -OCH3 is 1. The summed E-state index contributed by atoms with van der Waals surface area (Å²) in [5.41, 5.74) is 5.44. The fourth-order valence-corrected chi connectivity index (χ4v) is 3.70. The van der Waals surface area contributed by atoms with Gasteiger partial charge in [0.1, 0.15) is 29.0 Å². The Morgan fingerprint density at radius 3 is 2.55 bits per heavy atom. The number of hydrogen-bond donors (Lipinski definition) is 2. The van der Waals surface area contributed by atoms with Crippen LogP contribution in [-0.4, -0.2) is 36.9 Å². The summed E-state index contributed by atoms with van der Waals surface area (Å²) in [7, 11) is 3.51. The summed E-state index contributed by atoms with van der Waals surface area (Å²) in [4.78, 5) is 13.5. The van der Waals surface area contributed by atoms with Crippen molar-refractivity contribution in [3.63, 3.8) is 0 Å². The molecule has 0 saturated heterocycles. The Hall–Kier alpha value is -4.46. The van der Waals surface area contributed by atoms with Crippen LogP contribution in [0.5, 0.6) is 11.5 Å². The first-order valence-electron chi connectivity index (χ1n) is 10.4. The van der Waals surface area contributed by atoms with E-state index in [-0.39, 0.29) is 5.75 Å². The number of pyridine rings is 1. The Bertz CT molecular complexity index is 1410. The summed E-state index contributed by atoms with van der Waals surface area (Å²) < 4.78 is 6.96. The molecule has 33 heavy (non-hydrogen) atoms. The van der Waals surface area contributed by atoms with Crippen molar-refractivity contribution in [2.75, 3.05) is 12.4 Å². The van der Waals surface area contributed by atoms with Gasteiger partial charge in [-0.25, -0.2) is 15.0 Å². The molecular formula is C25H22N6O2. The third-order valence-electron chi connectivity index (χ3n) is 5.34. The van der Waals surface area contributed by atoms with Crippen LogP contribution in [0, 0.1) is 0 Å². The lowest BCUT2D eigenvalue weighted by Crippen LogP contribution is -2.03. The summed E-state index contributed by atoms with van der Waals surface area (Å²) in [6.45, 7) is 0.487. The molecule has 2 aromatic carbocycles. The molecule has 2 N–H and O–H groups in total. The highest BCUT2D eigenvalue weighted by molar-refractivity contribution is 5.94. The molecule has 3 heterocycles. The highest BCUT2D eigenvalue weighted by Gasteiger charge is 2.18.